The first-order valence-corrected chi connectivity index (χ1v) is 20.3. The molecule has 17 heteroatoms. The van der Waals surface area contributed by atoms with Crippen LogP contribution >= 0.6 is 0 Å². The number of hydrogen-bond acceptors (Lipinski definition) is 12. The lowest BCUT2D eigenvalue weighted by Crippen LogP contribution is -2.59. The van der Waals surface area contributed by atoms with E-state index in [-0.39, 0.29) is 49.4 Å². The van der Waals surface area contributed by atoms with Gasteiger partial charge in [-0.15, -0.1) is 0 Å². The molecule has 0 aliphatic carbocycles. The molecule has 17 nitrogen and oxygen atoms in total. The Morgan fingerprint density at radius 2 is 1.55 bits per heavy atom. The lowest BCUT2D eigenvalue weighted by molar-refractivity contribution is -0.134. The molecular weight excluding hydrogens is 745 g/mol. The molecule has 58 heavy (non-hydrogen) atoms. The van der Waals surface area contributed by atoms with E-state index in [0.717, 1.165) is 16.7 Å². The highest BCUT2D eigenvalue weighted by Crippen LogP contribution is 2.28. The molecule has 1 aliphatic heterocycles. The molecule has 1 heterocycles. The van der Waals surface area contributed by atoms with Crippen LogP contribution in [-0.4, -0.2) is 144 Å². The molecule has 1 aliphatic rings. The van der Waals surface area contributed by atoms with Crippen LogP contribution in [0.2, 0.25) is 0 Å². The van der Waals surface area contributed by atoms with Gasteiger partial charge in [0.2, 0.25) is 29.5 Å². The van der Waals surface area contributed by atoms with Crippen LogP contribution in [0.15, 0.2) is 42.5 Å². The van der Waals surface area contributed by atoms with Gasteiger partial charge in [-0.25, -0.2) is 0 Å². The van der Waals surface area contributed by atoms with E-state index in [4.69, 9.17) is 0 Å². The van der Waals surface area contributed by atoms with Gasteiger partial charge in [-0.3, -0.25) is 24.0 Å². The van der Waals surface area contributed by atoms with Gasteiger partial charge in [0, 0.05) is 57.9 Å². The SMILES string of the molecule is CNCCC[C@H](NC(=O)[C@@H]1Cc2cccc(c2)-c2ccc(O)c(c2)C[C@H](NC)C(=O)N[C@@H](C[C@@H](O)CNC)C(=O)N1)C(=O)NCCC[C@@H](CC(=O)NCCNC)NC. The normalized spacial score (nSPS) is 18.7. The molecule has 2 aromatic carbocycles. The van der Waals surface area contributed by atoms with Gasteiger partial charge in [0.25, 0.3) is 0 Å². The smallest absolute Gasteiger partial charge is 0.243 e. The molecule has 0 radical (unpaired) electrons. The molecule has 3 rings (SSSR count). The number of fused-ring (bicyclic) bond motifs is 5. The Morgan fingerprint density at radius 1 is 0.810 bits per heavy atom. The van der Waals surface area contributed by atoms with Crippen LogP contribution in [0, 0.1) is 0 Å². The molecule has 5 amide bonds. The molecule has 0 unspecified atom stereocenters. The highest BCUT2D eigenvalue weighted by molar-refractivity contribution is 5.95. The summed E-state index contributed by atoms with van der Waals surface area (Å²) < 4.78 is 0. The third-order valence-corrected chi connectivity index (χ3v) is 10.2. The maximum Gasteiger partial charge on any atom is 0.243 e. The number of carbonyl (C=O) groups is 5. The zero-order valence-electron chi connectivity index (χ0n) is 34.6. The van der Waals surface area contributed by atoms with Gasteiger partial charge in [-0.05, 0) is 102 Å². The summed E-state index contributed by atoms with van der Waals surface area (Å²) in [6, 6.07) is 8.39. The summed E-state index contributed by atoms with van der Waals surface area (Å²) in [5.74, 6) is -2.22. The van der Waals surface area contributed by atoms with Gasteiger partial charge in [-0.2, -0.15) is 0 Å². The van der Waals surface area contributed by atoms with Crippen molar-refractivity contribution >= 4 is 29.5 Å². The maximum atomic E-state index is 14.3. The number of nitrogens with one attached hydrogen (secondary N) is 10. The first kappa shape index (κ1) is 47.7. The number of likely N-dealkylation sites (N-methyl/N-ethyl adjacent to an activating group) is 3. The number of carbonyl (C=O) groups excluding carboxylic acids is 5. The number of phenolic OH excluding ortho intramolecular Hbond substituents is 1. The number of aliphatic hydroxyl groups is 1. The Balaban J connectivity index is 1.88. The van der Waals surface area contributed by atoms with Crippen molar-refractivity contribution in [2.24, 2.45) is 0 Å². The standard InChI is InChI=1S/C41H66N10O7/c1-42-15-8-12-32(38(55)48-16-7-11-30(45-4)23-37(54)47-18-17-43-2)49-40(57)34-20-26-9-6-10-27(19-26)28-13-14-36(53)29(21-28)22-33(46-5)39(56)51-35(41(58)50-34)24-31(52)25-44-3/h6,9-10,13-14,19,21,30-35,42-46,52-53H,7-8,11-12,15-18,20,22-25H2,1-5H3,(H,47,54)(H,48,55)(H,49,57)(H,50,58)(H,51,56)/t30-,31+,32-,33-,34-,35-/m0/s1. The van der Waals surface area contributed by atoms with E-state index in [1.165, 1.54) is 0 Å². The molecule has 4 bridgehead atoms. The molecule has 0 fully saturated rings. The molecule has 0 aromatic heterocycles. The fourth-order valence-corrected chi connectivity index (χ4v) is 6.84. The highest BCUT2D eigenvalue weighted by Gasteiger charge is 2.32. The number of aromatic hydroxyl groups is 1. The summed E-state index contributed by atoms with van der Waals surface area (Å²) in [6.45, 7) is 2.29. The van der Waals surface area contributed by atoms with E-state index in [0.29, 0.717) is 63.8 Å². The van der Waals surface area contributed by atoms with Crippen LogP contribution in [0.25, 0.3) is 11.1 Å². The number of aliphatic hydroxyl groups excluding tert-OH is 1. The predicted octanol–water partition coefficient (Wildman–Crippen LogP) is -1.62. The summed E-state index contributed by atoms with van der Waals surface area (Å²) >= 11 is 0. The van der Waals surface area contributed by atoms with Crippen molar-refractivity contribution < 1.29 is 34.2 Å². The number of amides is 5. The van der Waals surface area contributed by atoms with Crippen molar-refractivity contribution in [3.05, 3.63) is 53.6 Å². The molecule has 6 atom stereocenters. The monoisotopic (exact) mass is 811 g/mol. The van der Waals surface area contributed by atoms with E-state index >= 15 is 0 Å². The van der Waals surface area contributed by atoms with Crippen LogP contribution < -0.4 is 53.2 Å². The number of benzene rings is 2. The first-order chi connectivity index (χ1) is 27.9. The third kappa shape index (κ3) is 15.9. The Bertz CT molecular complexity index is 1630. The number of phenols is 1. The second kappa shape index (κ2) is 25.7. The van der Waals surface area contributed by atoms with Gasteiger partial charge in [-0.1, -0.05) is 30.3 Å². The van der Waals surface area contributed by atoms with Gasteiger partial charge in [0.1, 0.15) is 23.9 Å². The highest BCUT2D eigenvalue weighted by atomic mass is 16.3. The largest absolute Gasteiger partial charge is 0.508 e. The molecule has 12 N–H and O–H groups in total. The van der Waals surface area contributed by atoms with E-state index in [2.05, 4.69) is 53.2 Å². The lowest BCUT2D eigenvalue weighted by atomic mass is 9.95. The molecule has 0 spiro atoms. The number of hydrogen-bond donors (Lipinski definition) is 12. The summed E-state index contributed by atoms with van der Waals surface area (Å²) in [7, 11) is 8.67. The van der Waals surface area contributed by atoms with E-state index in [1.807, 2.05) is 37.4 Å². The average Bonchev–Trinajstić information content (AvgIpc) is 3.20. The topological polar surface area (TPSA) is 246 Å². The Morgan fingerprint density at radius 3 is 2.26 bits per heavy atom. The van der Waals surface area contributed by atoms with Crippen molar-refractivity contribution in [2.75, 3.05) is 68.0 Å². The fraction of sp³-hybridized carbons (Fsp3) is 0.585. The molecule has 2 aromatic rings. The van der Waals surface area contributed by atoms with Crippen molar-refractivity contribution in [2.45, 2.75) is 87.7 Å². The lowest BCUT2D eigenvalue weighted by Gasteiger charge is -2.27. The summed E-state index contributed by atoms with van der Waals surface area (Å²) in [5.41, 5.74) is 2.83. The van der Waals surface area contributed by atoms with Gasteiger partial charge in [0.15, 0.2) is 0 Å². The quantitative estimate of drug-likeness (QED) is 0.0601. The van der Waals surface area contributed by atoms with Crippen LogP contribution in [0.3, 0.4) is 0 Å². The van der Waals surface area contributed by atoms with Crippen molar-refractivity contribution in [1.82, 2.24) is 53.2 Å². The molecule has 0 saturated heterocycles. The summed E-state index contributed by atoms with van der Waals surface area (Å²) in [5, 5.41) is 50.8. The second-order valence-electron chi connectivity index (χ2n) is 14.7. The minimum Gasteiger partial charge on any atom is -0.508 e. The van der Waals surface area contributed by atoms with E-state index < -0.39 is 48.0 Å². The zero-order valence-corrected chi connectivity index (χ0v) is 34.6. The second-order valence-corrected chi connectivity index (χ2v) is 14.7. The first-order valence-electron chi connectivity index (χ1n) is 20.3. The van der Waals surface area contributed by atoms with Crippen molar-refractivity contribution in [3.8, 4) is 16.9 Å². The molecule has 0 saturated carbocycles. The number of rotatable bonds is 22. The van der Waals surface area contributed by atoms with Crippen molar-refractivity contribution in [3.63, 3.8) is 0 Å². The maximum absolute atomic E-state index is 14.3. The van der Waals surface area contributed by atoms with Gasteiger partial charge < -0.3 is 63.4 Å². The van der Waals surface area contributed by atoms with Crippen LogP contribution in [0.1, 0.15) is 49.7 Å². The van der Waals surface area contributed by atoms with E-state index in [9.17, 15) is 34.2 Å². The Labute approximate surface area is 342 Å². The Hall–Kier alpha value is -4.65. The molecule has 322 valence electrons. The predicted molar refractivity (Wildman–Crippen MR) is 224 cm³/mol. The summed E-state index contributed by atoms with van der Waals surface area (Å²) in [6.07, 6.45) is 1.45. The van der Waals surface area contributed by atoms with Gasteiger partial charge >= 0.3 is 0 Å². The summed E-state index contributed by atoms with van der Waals surface area (Å²) in [4.78, 5) is 67.9. The molecular formula is C41H66N10O7. The van der Waals surface area contributed by atoms with Crippen LogP contribution in [-0.2, 0) is 36.8 Å². The van der Waals surface area contributed by atoms with Crippen molar-refractivity contribution in [1.29, 1.82) is 0 Å². The Kier molecular flexibility index (Phi) is 21.1. The minimum absolute atomic E-state index is 0.0172. The van der Waals surface area contributed by atoms with Crippen LogP contribution in [0.4, 0.5) is 0 Å². The third-order valence-electron chi connectivity index (χ3n) is 10.2. The fourth-order valence-electron chi connectivity index (χ4n) is 6.84. The average molecular weight is 811 g/mol. The van der Waals surface area contributed by atoms with E-state index in [1.54, 1.807) is 40.3 Å². The van der Waals surface area contributed by atoms with Gasteiger partial charge in [0.05, 0.1) is 12.1 Å². The zero-order chi connectivity index (χ0) is 42.5. The van der Waals surface area contributed by atoms with Crippen LogP contribution in [0.5, 0.6) is 5.75 Å². The minimum atomic E-state index is -1.23.